The van der Waals surface area contributed by atoms with E-state index >= 15 is 0 Å². The molecule has 1 aliphatic heterocycles. The van der Waals surface area contributed by atoms with E-state index in [-0.39, 0.29) is 11.7 Å². The van der Waals surface area contributed by atoms with Crippen LogP contribution in [-0.4, -0.2) is 36.1 Å². The summed E-state index contributed by atoms with van der Waals surface area (Å²) in [4.78, 5) is 23.7. The van der Waals surface area contributed by atoms with Crippen LogP contribution in [0.25, 0.3) is 11.0 Å². The van der Waals surface area contributed by atoms with Gasteiger partial charge >= 0.3 is 0 Å². The fraction of sp³-hybridized carbons (Fsp3) is 0.318. The average molecular weight is 410 g/mol. The number of benzene rings is 2. The van der Waals surface area contributed by atoms with Gasteiger partial charge in [0.1, 0.15) is 5.25 Å². The molecule has 3 aromatic rings. The highest BCUT2D eigenvalue weighted by atomic mass is 32.2. The van der Waals surface area contributed by atoms with Crippen LogP contribution in [0, 0.1) is 6.92 Å². The number of hydrogen-bond acceptors (Lipinski definition) is 5. The summed E-state index contributed by atoms with van der Waals surface area (Å²) in [5, 5.41) is -1.15. The molecule has 1 aliphatic rings. The number of hydrogen-bond donors (Lipinski definition) is 0. The second kappa shape index (κ2) is 7.55. The van der Waals surface area contributed by atoms with E-state index in [1.165, 1.54) is 6.92 Å². The Bertz CT molecular complexity index is 1190. The van der Waals surface area contributed by atoms with Crippen LogP contribution in [0.15, 0.2) is 48.5 Å². The molecule has 0 fully saturated rings. The van der Waals surface area contributed by atoms with Gasteiger partial charge in [-0.25, -0.2) is 18.4 Å². The van der Waals surface area contributed by atoms with Crippen LogP contribution in [0.1, 0.15) is 30.3 Å². The minimum absolute atomic E-state index is 0.306. The van der Waals surface area contributed by atoms with E-state index in [2.05, 4.69) is 9.97 Å². The standard InChI is InChI=1S/C22H23N3O3S/c1-15-20(24-19-11-5-4-10-18(19)23-15)14-29(27,28)16(2)22(26)25-13-7-9-17-8-3-6-12-21(17)25/h3-6,8,10-12,16H,7,9,13-14H2,1-2H3. The number of aromatic nitrogens is 2. The number of rotatable bonds is 4. The third-order valence-corrected chi connectivity index (χ3v) is 7.40. The fourth-order valence-corrected chi connectivity index (χ4v) is 5.05. The lowest BCUT2D eigenvalue weighted by molar-refractivity contribution is -0.118. The van der Waals surface area contributed by atoms with Gasteiger partial charge in [-0.15, -0.1) is 0 Å². The molecule has 7 heteroatoms. The summed E-state index contributed by atoms with van der Waals surface area (Å²) >= 11 is 0. The first kappa shape index (κ1) is 19.5. The van der Waals surface area contributed by atoms with E-state index in [0.717, 1.165) is 29.6 Å². The third-order valence-electron chi connectivity index (χ3n) is 5.44. The number of carbonyl (C=O) groups excluding carboxylic acids is 1. The Balaban J connectivity index is 1.61. The lowest BCUT2D eigenvalue weighted by Gasteiger charge is -2.31. The zero-order chi connectivity index (χ0) is 20.6. The lowest BCUT2D eigenvalue weighted by atomic mass is 10.0. The third kappa shape index (κ3) is 3.74. The molecule has 1 atom stereocenters. The van der Waals surface area contributed by atoms with E-state index < -0.39 is 15.1 Å². The van der Waals surface area contributed by atoms with Gasteiger partial charge in [0.05, 0.1) is 28.2 Å². The van der Waals surface area contributed by atoms with Gasteiger partial charge in [-0.3, -0.25) is 4.79 Å². The molecule has 2 aromatic carbocycles. The number of nitrogens with zero attached hydrogens (tertiary/aromatic N) is 3. The number of anilines is 1. The number of carbonyl (C=O) groups is 1. The van der Waals surface area contributed by atoms with Crippen molar-refractivity contribution in [2.45, 2.75) is 37.7 Å². The van der Waals surface area contributed by atoms with Crippen molar-refractivity contribution < 1.29 is 13.2 Å². The predicted octanol–water partition coefficient (Wildman–Crippen LogP) is 3.22. The Morgan fingerprint density at radius 1 is 1.07 bits per heavy atom. The van der Waals surface area contributed by atoms with Crippen LogP contribution >= 0.6 is 0 Å². The Morgan fingerprint density at radius 3 is 2.48 bits per heavy atom. The first-order valence-electron chi connectivity index (χ1n) is 9.70. The fourth-order valence-electron chi connectivity index (χ4n) is 3.71. The second-order valence-corrected chi connectivity index (χ2v) is 9.74. The van der Waals surface area contributed by atoms with Crippen LogP contribution in [0.4, 0.5) is 5.69 Å². The molecule has 2 heterocycles. The van der Waals surface area contributed by atoms with Gasteiger partial charge in [-0.2, -0.15) is 0 Å². The predicted molar refractivity (Wildman–Crippen MR) is 113 cm³/mol. The van der Waals surface area contributed by atoms with Crippen molar-refractivity contribution in [1.82, 2.24) is 9.97 Å². The summed E-state index contributed by atoms with van der Waals surface area (Å²) in [5.74, 6) is -0.692. The van der Waals surface area contributed by atoms with Crippen molar-refractivity contribution in [2.75, 3.05) is 11.4 Å². The van der Waals surface area contributed by atoms with Crippen LogP contribution in [0.5, 0.6) is 0 Å². The van der Waals surface area contributed by atoms with Gasteiger partial charge in [0, 0.05) is 12.2 Å². The highest BCUT2D eigenvalue weighted by Crippen LogP contribution is 2.28. The molecule has 0 saturated carbocycles. The largest absolute Gasteiger partial charge is 0.311 e. The van der Waals surface area contributed by atoms with Crippen LogP contribution in [-0.2, 0) is 26.8 Å². The van der Waals surface area contributed by atoms with Crippen LogP contribution < -0.4 is 4.90 Å². The minimum atomic E-state index is -3.75. The highest BCUT2D eigenvalue weighted by molar-refractivity contribution is 7.92. The van der Waals surface area contributed by atoms with Gasteiger partial charge in [0.25, 0.3) is 0 Å². The first-order chi connectivity index (χ1) is 13.9. The first-order valence-corrected chi connectivity index (χ1v) is 11.4. The molecule has 1 unspecified atom stereocenters. The van der Waals surface area contributed by atoms with Crippen molar-refractivity contribution in [2.24, 2.45) is 0 Å². The maximum atomic E-state index is 13.1. The number of amides is 1. The van der Waals surface area contributed by atoms with E-state index in [1.807, 2.05) is 42.5 Å². The summed E-state index contributed by atoms with van der Waals surface area (Å²) in [6.07, 6.45) is 1.72. The average Bonchev–Trinajstić information content (AvgIpc) is 2.72. The normalized spacial score (nSPS) is 15.2. The monoisotopic (exact) mass is 409 g/mol. The van der Waals surface area contributed by atoms with Gasteiger partial charge in [0.15, 0.2) is 9.84 Å². The van der Waals surface area contributed by atoms with Crippen molar-refractivity contribution >= 4 is 32.5 Å². The molecule has 1 aromatic heterocycles. The number of fused-ring (bicyclic) bond motifs is 2. The minimum Gasteiger partial charge on any atom is -0.311 e. The molecule has 0 saturated heterocycles. The Hall–Kier alpha value is -2.80. The molecule has 6 nitrogen and oxygen atoms in total. The SMILES string of the molecule is Cc1nc2ccccc2nc1CS(=O)(=O)C(C)C(=O)N1CCCc2ccccc21. The van der Waals surface area contributed by atoms with E-state index in [0.29, 0.717) is 23.4 Å². The number of para-hydroxylation sites is 3. The highest BCUT2D eigenvalue weighted by Gasteiger charge is 2.34. The van der Waals surface area contributed by atoms with E-state index in [4.69, 9.17) is 0 Å². The maximum absolute atomic E-state index is 13.1. The van der Waals surface area contributed by atoms with Gasteiger partial charge in [-0.1, -0.05) is 30.3 Å². The molecule has 0 bridgehead atoms. The number of sulfone groups is 1. The van der Waals surface area contributed by atoms with E-state index in [9.17, 15) is 13.2 Å². The van der Waals surface area contributed by atoms with Crippen molar-refractivity contribution in [1.29, 1.82) is 0 Å². The van der Waals surface area contributed by atoms with Crippen LogP contribution in [0.3, 0.4) is 0 Å². The number of aryl methyl sites for hydroxylation is 2. The molecule has 0 radical (unpaired) electrons. The molecular weight excluding hydrogens is 386 g/mol. The molecule has 0 aliphatic carbocycles. The zero-order valence-corrected chi connectivity index (χ0v) is 17.3. The summed E-state index contributed by atoms with van der Waals surface area (Å²) in [7, 11) is -3.75. The van der Waals surface area contributed by atoms with Gasteiger partial charge in [-0.05, 0) is 50.5 Å². The second-order valence-electron chi connectivity index (χ2n) is 7.42. The molecular formula is C22H23N3O3S. The summed E-state index contributed by atoms with van der Waals surface area (Å²) in [5.41, 5.74) is 4.21. The maximum Gasteiger partial charge on any atom is 0.245 e. The summed E-state index contributed by atoms with van der Waals surface area (Å²) in [6.45, 7) is 3.75. The van der Waals surface area contributed by atoms with Crippen LogP contribution in [0.2, 0.25) is 0 Å². The summed E-state index contributed by atoms with van der Waals surface area (Å²) in [6, 6.07) is 15.0. The Kier molecular flexibility index (Phi) is 5.08. The van der Waals surface area contributed by atoms with Gasteiger partial charge < -0.3 is 4.90 Å². The molecule has 0 spiro atoms. The molecule has 29 heavy (non-hydrogen) atoms. The van der Waals surface area contributed by atoms with Crippen molar-refractivity contribution in [3.63, 3.8) is 0 Å². The van der Waals surface area contributed by atoms with Crippen molar-refractivity contribution in [3.05, 3.63) is 65.5 Å². The zero-order valence-electron chi connectivity index (χ0n) is 16.5. The topological polar surface area (TPSA) is 80.2 Å². The Morgan fingerprint density at radius 2 is 1.72 bits per heavy atom. The quantitative estimate of drug-likeness (QED) is 0.661. The van der Waals surface area contributed by atoms with Crippen molar-refractivity contribution in [3.8, 4) is 0 Å². The Labute approximate surface area is 170 Å². The van der Waals surface area contributed by atoms with E-state index in [1.54, 1.807) is 17.9 Å². The smallest absolute Gasteiger partial charge is 0.245 e. The molecule has 150 valence electrons. The van der Waals surface area contributed by atoms with Gasteiger partial charge in [0.2, 0.25) is 5.91 Å². The summed E-state index contributed by atoms with van der Waals surface area (Å²) < 4.78 is 26.1. The lowest BCUT2D eigenvalue weighted by Crippen LogP contribution is -2.44. The molecule has 0 N–H and O–H groups in total. The molecule has 1 amide bonds. The molecule has 4 rings (SSSR count).